The lowest BCUT2D eigenvalue weighted by atomic mass is 10.2. The molecular weight excluding hydrogens is 234 g/mol. The van der Waals surface area contributed by atoms with E-state index < -0.39 is 0 Å². The summed E-state index contributed by atoms with van der Waals surface area (Å²) in [5.41, 5.74) is 0.809. The number of epoxide rings is 1. The zero-order valence-electron chi connectivity index (χ0n) is 10.2. The molecule has 96 valence electrons. The Bertz CT molecular complexity index is 470. The minimum Gasteiger partial charge on any atom is -0.491 e. The maximum absolute atomic E-state index is 11.5. The van der Waals surface area contributed by atoms with Crippen LogP contribution < -0.4 is 14.4 Å². The Kier molecular flexibility index (Phi) is 2.83. The molecule has 0 bridgehead atoms. The highest BCUT2D eigenvalue weighted by atomic mass is 16.6. The number of amides is 1. The van der Waals surface area contributed by atoms with Crippen molar-refractivity contribution in [1.29, 1.82) is 0 Å². The van der Waals surface area contributed by atoms with Gasteiger partial charge in [-0.05, 0) is 12.1 Å². The second kappa shape index (κ2) is 4.49. The van der Waals surface area contributed by atoms with Gasteiger partial charge in [-0.2, -0.15) is 0 Å². The molecule has 2 heterocycles. The van der Waals surface area contributed by atoms with E-state index in [1.165, 1.54) is 0 Å². The zero-order chi connectivity index (χ0) is 12.5. The van der Waals surface area contributed by atoms with Crippen molar-refractivity contribution in [2.75, 3.05) is 31.3 Å². The van der Waals surface area contributed by atoms with Crippen LogP contribution in [0.1, 0.15) is 6.92 Å². The largest absolute Gasteiger partial charge is 0.491 e. The molecule has 2 aliphatic heterocycles. The first-order valence-electron chi connectivity index (χ1n) is 6.03. The monoisotopic (exact) mass is 249 g/mol. The molecule has 1 atom stereocenters. The van der Waals surface area contributed by atoms with Gasteiger partial charge in [0.15, 0.2) is 0 Å². The van der Waals surface area contributed by atoms with E-state index in [2.05, 4.69) is 0 Å². The lowest BCUT2D eigenvalue weighted by Crippen LogP contribution is -2.36. The number of carbonyl (C=O) groups is 1. The van der Waals surface area contributed by atoms with Crippen molar-refractivity contribution in [3.63, 3.8) is 0 Å². The smallest absolute Gasteiger partial charge is 0.224 e. The summed E-state index contributed by atoms with van der Waals surface area (Å²) < 4.78 is 16.2. The van der Waals surface area contributed by atoms with Crippen LogP contribution in [0.3, 0.4) is 0 Å². The van der Waals surface area contributed by atoms with E-state index in [1.807, 2.05) is 18.2 Å². The molecule has 2 aliphatic rings. The molecule has 0 saturated carbocycles. The third-order valence-electron chi connectivity index (χ3n) is 3.01. The summed E-state index contributed by atoms with van der Waals surface area (Å²) in [5, 5.41) is 0. The van der Waals surface area contributed by atoms with Crippen LogP contribution in [0.2, 0.25) is 0 Å². The fraction of sp³-hybridized carbons (Fsp3) is 0.462. The number of hydrogen-bond acceptors (Lipinski definition) is 4. The van der Waals surface area contributed by atoms with Gasteiger partial charge in [-0.1, -0.05) is 0 Å². The average Bonchev–Trinajstić information content (AvgIpc) is 3.19. The minimum absolute atomic E-state index is 0.0274. The van der Waals surface area contributed by atoms with Gasteiger partial charge in [0, 0.05) is 13.0 Å². The van der Waals surface area contributed by atoms with Crippen LogP contribution in [0.25, 0.3) is 0 Å². The van der Waals surface area contributed by atoms with Gasteiger partial charge in [0.2, 0.25) is 5.91 Å². The normalized spacial score (nSPS) is 20.9. The molecule has 0 radical (unpaired) electrons. The summed E-state index contributed by atoms with van der Waals surface area (Å²) >= 11 is 0. The number of nitrogens with zero attached hydrogens (tertiary/aromatic N) is 1. The van der Waals surface area contributed by atoms with E-state index in [9.17, 15) is 4.79 Å². The molecule has 5 nitrogen and oxygen atoms in total. The quantitative estimate of drug-likeness (QED) is 0.755. The molecule has 1 saturated heterocycles. The molecule has 0 N–H and O–H groups in total. The van der Waals surface area contributed by atoms with E-state index >= 15 is 0 Å². The molecule has 1 fully saturated rings. The van der Waals surface area contributed by atoms with Gasteiger partial charge in [-0.25, -0.2) is 0 Å². The van der Waals surface area contributed by atoms with E-state index in [4.69, 9.17) is 14.2 Å². The number of ether oxygens (including phenoxy) is 3. The highest BCUT2D eigenvalue weighted by Gasteiger charge is 2.24. The standard InChI is InChI=1S/C13H15NO4/c1-9(15)14-4-5-16-13-6-10(2-3-12(13)14)17-7-11-8-18-11/h2-3,6,11H,4-5,7-8H2,1H3. The second-order valence-corrected chi connectivity index (χ2v) is 4.41. The average molecular weight is 249 g/mol. The summed E-state index contributed by atoms with van der Waals surface area (Å²) in [6.45, 7) is 4.01. The number of fused-ring (bicyclic) bond motifs is 1. The van der Waals surface area contributed by atoms with Crippen LogP contribution in [0.5, 0.6) is 11.5 Å². The fourth-order valence-electron chi connectivity index (χ4n) is 1.97. The highest BCUT2D eigenvalue weighted by Crippen LogP contribution is 2.35. The third kappa shape index (κ3) is 2.26. The number of anilines is 1. The maximum Gasteiger partial charge on any atom is 0.224 e. The molecule has 0 aliphatic carbocycles. The van der Waals surface area contributed by atoms with Gasteiger partial charge < -0.3 is 19.1 Å². The van der Waals surface area contributed by atoms with E-state index in [1.54, 1.807) is 11.8 Å². The van der Waals surface area contributed by atoms with Crippen LogP contribution in [0.4, 0.5) is 5.69 Å². The van der Waals surface area contributed by atoms with Crippen molar-refractivity contribution >= 4 is 11.6 Å². The Morgan fingerprint density at radius 3 is 3.11 bits per heavy atom. The molecule has 1 aromatic carbocycles. The Hall–Kier alpha value is -1.75. The topological polar surface area (TPSA) is 51.3 Å². The van der Waals surface area contributed by atoms with Crippen LogP contribution in [0.15, 0.2) is 18.2 Å². The van der Waals surface area contributed by atoms with Crippen molar-refractivity contribution in [2.24, 2.45) is 0 Å². The van der Waals surface area contributed by atoms with Gasteiger partial charge in [-0.3, -0.25) is 4.79 Å². The van der Waals surface area contributed by atoms with Crippen LogP contribution in [-0.4, -0.2) is 38.4 Å². The van der Waals surface area contributed by atoms with Gasteiger partial charge >= 0.3 is 0 Å². The van der Waals surface area contributed by atoms with E-state index in [-0.39, 0.29) is 12.0 Å². The van der Waals surface area contributed by atoms with Crippen LogP contribution in [-0.2, 0) is 9.53 Å². The van der Waals surface area contributed by atoms with Crippen molar-refractivity contribution in [3.8, 4) is 11.5 Å². The van der Waals surface area contributed by atoms with Gasteiger partial charge in [0.1, 0.15) is 30.8 Å². The molecule has 1 unspecified atom stereocenters. The molecular formula is C13H15NO4. The molecule has 0 spiro atoms. The zero-order valence-corrected chi connectivity index (χ0v) is 10.2. The number of rotatable bonds is 3. The van der Waals surface area contributed by atoms with Crippen molar-refractivity contribution in [3.05, 3.63) is 18.2 Å². The second-order valence-electron chi connectivity index (χ2n) is 4.41. The summed E-state index contributed by atoms with van der Waals surface area (Å²) in [4.78, 5) is 13.2. The minimum atomic E-state index is 0.0274. The van der Waals surface area contributed by atoms with Crippen LogP contribution >= 0.6 is 0 Å². The Morgan fingerprint density at radius 1 is 1.56 bits per heavy atom. The molecule has 0 aromatic heterocycles. The highest BCUT2D eigenvalue weighted by molar-refractivity contribution is 5.93. The van der Waals surface area contributed by atoms with Gasteiger partial charge in [0.05, 0.1) is 18.8 Å². The SMILES string of the molecule is CC(=O)N1CCOc2cc(OCC3CO3)ccc21. The van der Waals surface area contributed by atoms with Gasteiger partial charge in [0.25, 0.3) is 0 Å². The third-order valence-corrected chi connectivity index (χ3v) is 3.01. The summed E-state index contributed by atoms with van der Waals surface area (Å²) in [6.07, 6.45) is 0.232. The molecule has 1 amide bonds. The van der Waals surface area contributed by atoms with Crippen molar-refractivity contribution < 1.29 is 19.0 Å². The number of benzene rings is 1. The Labute approximate surface area is 105 Å². The predicted molar refractivity (Wildman–Crippen MR) is 65.2 cm³/mol. The van der Waals surface area contributed by atoms with Crippen molar-refractivity contribution in [2.45, 2.75) is 13.0 Å². The Balaban J connectivity index is 1.78. The molecule has 1 aromatic rings. The lowest BCUT2D eigenvalue weighted by Gasteiger charge is -2.28. The van der Waals surface area contributed by atoms with E-state index in [0.29, 0.717) is 25.5 Å². The Morgan fingerprint density at radius 2 is 2.39 bits per heavy atom. The van der Waals surface area contributed by atoms with Gasteiger partial charge in [-0.15, -0.1) is 0 Å². The first-order valence-corrected chi connectivity index (χ1v) is 6.03. The fourth-order valence-corrected chi connectivity index (χ4v) is 1.97. The summed E-state index contributed by atoms with van der Waals surface area (Å²) in [6, 6.07) is 5.54. The molecule has 5 heteroatoms. The molecule has 18 heavy (non-hydrogen) atoms. The summed E-state index contributed by atoms with van der Waals surface area (Å²) in [5.74, 6) is 1.47. The maximum atomic E-state index is 11.5. The lowest BCUT2D eigenvalue weighted by molar-refractivity contribution is -0.116. The van der Waals surface area contributed by atoms with Crippen LogP contribution in [0, 0.1) is 0 Å². The first kappa shape index (κ1) is 11.3. The first-order chi connectivity index (χ1) is 8.74. The number of carbonyl (C=O) groups excluding carboxylic acids is 1. The van der Waals surface area contributed by atoms with Crippen molar-refractivity contribution in [1.82, 2.24) is 0 Å². The number of hydrogen-bond donors (Lipinski definition) is 0. The summed E-state index contributed by atoms with van der Waals surface area (Å²) in [7, 11) is 0. The van der Waals surface area contributed by atoms with E-state index in [0.717, 1.165) is 18.0 Å². The molecule has 3 rings (SSSR count). The predicted octanol–water partition coefficient (Wildman–Crippen LogP) is 1.21.